The normalized spacial score (nSPS) is 29.1. The predicted molar refractivity (Wildman–Crippen MR) is 84.8 cm³/mol. The van der Waals surface area contributed by atoms with Crippen molar-refractivity contribution < 1.29 is 26.4 Å². The third kappa shape index (κ3) is 4.05. The smallest absolute Gasteiger partial charge is 0.355 e. The Morgan fingerprint density at radius 3 is 2.60 bits per heavy atom. The van der Waals surface area contributed by atoms with Crippen molar-refractivity contribution in [2.24, 2.45) is 11.8 Å². The van der Waals surface area contributed by atoms with Crippen molar-refractivity contribution in [3.05, 3.63) is 5.01 Å². The van der Waals surface area contributed by atoms with Gasteiger partial charge in [0.1, 0.15) is 0 Å². The highest BCUT2D eigenvalue weighted by Crippen LogP contribution is 2.34. The summed E-state index contributed by atoms with van der Waals surface area (Å²) in [5.74, 6) is -1.37. The molecule has 2 aliphatic rings. The Morgan fingerprint density at radius 2 is 2.04 bits per heavy atom. The minimum absolute atomic E-state index is 0.137. The van der Waals surface area contributed by atoms with Crippen molar-refractivity contribution in [3.8, 4) is 0 Å². The maximum Gasteiger partial charge on any atom is 0.445 e. The van der Waals surface area contributed by atoms with E-state index in [1.807, 2.05) is 6.92 Å². The number of nitrogens with zero attached hydrogens (tertiary/aromatic N) is 3. The van der Waals surface area contributed by atoms with Gasteiger partial charge in [-0.25, -0.2) is 8.42 Å². The Bertz CT molecular complexity index is 765. The van der Waals surface area contributed by atoms with Crippen LogP contribution in [0.5, 0.6) is 0 Å². The molecule has 1 unspecified atom stereocenters. The van der Waals surface area contributed by atoms with E-state index in [1.165, 1.54) is 0 Å². The molecule has 25 heavy (non-hydrogen) atoms. The van der Waals surface area contributed by atoms with E-state index in [-0.39, 0.29) is 22.5 Å². The van der Waals surface area contributed by atoms with Gasteiger partial charge in [-0.1, -0.05) is 18.3 Å². The fraction of sp³-hybridized carbons (Fsp3) is 0.769. The number of likely N-dealkylation sites (tertiary alicyclic amines) is 1. The molecule has 12 heteroatoms. The average Bonchev–Trinajstić information content (AvgIpc) is 3.17. The maximum absolute atomic E-state index is 12.7. The highest BCUT2D eigenvalue weighted by Gasteiger charge is 2.45. The number of alkyl halides is 3. The number of nitrogens with one attached hydrogen (secondary N) is 1. The molecule has 1 N–H and O–H groups in total. The number of carbonyl (C=O) groups is 1. The van der Waals surface area contributed by atoms with E-state index in [2.05, 4.69) is 15.5 Å². The van der Waals surface area contributed by atoms with Gasteiger partial charge in [-0.05, 0) is 12.3 Å². The molecule has 2 saturated heterocycles. The summed E-state index contributed by atoms with van der Waals surface area (Å²) >= 11 is 0.295. The van der Waals surface area contributed by atoms with Gasteiger partial charge in [0.05, 0.1) is 23.5 Å². The minimum Gasteiger partial charge on any atom is -0.355 e. The molecule has 0 saturated carbocycles. The largest absolute Gasteiger partial charge is 0.445 e. The zero-order chi connectivity index (χ0) is 18.4. The second kappa shape index (κ2) is 6.38. The van der Waals surface area contributed by atoms with E-state index in [4.69, 9.17) is 0 Å². The van der Waals surface area contributed by atoms with Crippen LogP contribution in [0.3, 0.4) is 0 Å². The number of aromatic nitrogens is 2. The maximum atomic E-state index is 12.7. The van der Waals surface area contributed by atoms with Gasteiger partial charge in [0.15, 0.2) is 9.84 Å². The topological polar surface area (TPSA) is 92.3 Å². The number of carbonyl (C=O) groups excluding carboxylic acids is 1. The molecular weight excluding hydrogens is 381 g/mol. The molecule has 0 aliphatic carbocycles. The zero-order valence-corrected chi connectivity index (χ0v) is 14.9. The molecule has 3 rings (SSSR count). The first kappa shape index (κ1) is 18.4. The van der Waals surface area contributed by atoms with Gasteiger partial charge in [0.25, 0.3) is 0 Å². The summed E-state index contributed by atoms with van der Waals surface area (Å²) in [5, 5.41) is 7.89. The Balaban J connectivity index is 1.76. The van der Waals surface area contributed by atoms with Crippen LogP contribution >= 0.6 is 11.3 Å². The van der Waals surface area contributed by atoms with Crippen LogP contribution in [-0.4, -0.2) is 60.1 Å². The summed E-state index contributed by atoms with van der Waals surface area (Å²) in [6.45, 7) is 3.15. The lowest BCUT2D eigenvalue weighted by atomic mass is 10.0. The molecule has 1 aromatic heterocycles. The van der Waals surface area contributed by atoms with Crippen LogP contribution in [0.25, 0.3) is 0 Å². The summed E-state index contributed by atoms with van der Waals surface area (Å²) in [5.41, 5.74) is 0. The summed E-state index contributed by atoms with van der Waals surface area (Å²) in [7, 11) is -3.45. The molecule has 3 atom stereocenters. The number of amides is 1. The van der Waals surface area contributed by atoms with Crippen LogP contribution in [-0.2, 0) is 20.8 Å². The summed E-state index contributed by atoms with van der Waals surface area (Å²) in [6, 6.07) is -0.803. The molecule has 2 fully saturated rings. The lowest BCUT2D eigenvalue weighted by molar-refractivity contribution is -0.138. The quantitative estimate of drug-likeness (QED) is 0.824. The molecule has 3 heterocycles. The first-order valence-corrected chi connectivity index (χ1v) is 10.4. The third-order valence-electron chi connectivity index (χ3n) is 4.38. The standard InChI is InChI=1S/C13H17F3N4O3S2/c1-7-2-3-20(4-7)10(21)8-5-25(22,23)6-9(8)17-12-19-18-11(24-12)13(14,15)16/h7-9H,2-6H2,1H3,(H,17,19)/t7?,8-,9-/m1/s1. The molecule has 1 amide bonds. The zero-order valence-electron chi connectivity index (χ0n) is 13.3. The number of rotatable bonds is 3. The number of anilines is 1. The molecule has 7 nitrogen and oxygen atoms in total. The Kier molecular flexibility index (Phi) is 4.69. The van der Waals surface area contributed by atoms with Gasteiger partial charge in [-0.2, -0.15) is 13.2 Å². The van der Waals surface area contributed by atoms with Crippen LogP contribution in [0.1, 0.15) is 18.4 Å². The highest BCUT2D eigenvalue weighted by atomic mass is 32.2. The van der Waals surface area contributed by atoms with Crippen molar-refractivity contribution in [1.29, 1.82) is 0 Å². The van der Waals surface area contributed by atoms with E-state index < -0.39 is 33.0 Å². The first-order chi connectivity index (χ1) is 11.5. The molecule has 140 valence electrons. The molecule has 1 aromatic rings. The third-order valence-corrected chi connectivity index (χ3v) is 7.02. The Morgan fingerprint density at radius 1 is 1.32 bits per heavy atom. The van der Waals surface area contributed by atoms with Crippen molar-refractivity contribution >= 4 is 32.2 Å². The summed E-state index contributed by atoms with van der Waals surface area (Å²) in [4.78, 5) is 14.3. The molecule has 0 bridgehead atoms. The number of sulfone groups is 1. The fourth-order valence-corrected chi connectivity index (χ4v) is 5.75. The Labute approximate surface area is 146 Å². The number of halogens is 3. The van der Waals surface area contributed by atoms with E-state index in [9.17, 15) is 26.4 Å². The van der Waals surface area contributed by atoms with E-state index in [0.29, 0.717) is 30.3 Å². The SMILES string of the molecule is CC1CCN(C(=O)[C@@H]2CS(=O)(=O)C[C@H]2Nc2nnc(C(F)(F)F)s2)C1. The number of hydrogen-bond acceptors (Lipinski definition) is 7. The lowest BCUT2D eigenvalue weighted by Crippen LogP contribution is -2.42. The van der Waals surface area contributed by atoms with Crippen molar-refractivity contribution in [2.45, 2.75) is 25.6 Å². The summed E-state index contributed by atoms with van der Waals surface area (Å²) < 4.78 is 61.8. The van der Waals surface area contributed by atoms with Crippen LogP contribution in [0.4, 0.5) is 18.3 Å². The van der Waals surface area contributed by atoms with E-state index in [0.717, 1.165) is 6.42 Å². The average molecular weight is 398 g/mol. The molecule has 0 spiro atoms. The van der Waals surface area contributed by atoms with Gasteiger partial charge in [0.2, 0.25) is 16.0 Å². The first-order valence-electron chi connectivity index (χ1n) is 7.71. The van der Waals surface area contributed by atoms with Crippen LogP contribution in [0.2, 0.25) is 0 Å². The van der Waals surface area contributed by atoms with Gasteiger partial charge >= 0.3 is 6.18 Å². The second-order valence-electron chi connectivity index (χ2n) is 6.52. The van der Waals surface area contributed by atoms with E-state index >= 15 is 0 Å². The van der Waals surface area contributed by atoms with Crippen LogP contribution in [0.15, 0.2) is 0 Å². The van der Waals surface area contributed by atoms with Crippen molar-refractivity contribution in [2.75, 3.05) is 29.9 Å². The minimum atomic E-state index is -4.61. The van der Waals surface area contributed by atoms with Gasteiger partial charge in [0, 0.05) is 13.1 Å². The monoisotopic (exact) mass is 398 g/mol. The van der Waals surface area contributed by atoms with Crippen molar-refractivity contribution in [1.82, 2.24) is 15.1 Å². The molecule has 0 radical (unpaired) electrons. The van der Waals surface area contributed by atoms with Crippen LogP contribution < -0.4 is 5.32 Å². The van der Waals surface area contributed by atoms with Crippen molar-refractivity contribution in [3.63, 3.8) is 0 Å². The van der Waals surface area contributed by atoms with Gasteiger partial charge in [-0.3, -0.25) is 4.79 Å². The Hall–Kier alpha value is -1.43. The fourth-order valence-electron chi connectivity index (χ4n) is 3.16. The van der Waals surface area contributed by atoms with Gasteiger partial charge in [-0.15, -0.1) is 10.2 Å². The predicted octanol–water partition coefficient (Wildman–Crippen LogP) is 1.25. The lowest BCUT2D eigenvalue weighted by Gasteiger charge is -2.24. The van der Waals surface area contributed by atoms with Gasteiger partial charge < -0.3 is 10.2 Å². The number of hydrogen-bond donors (Lipinski definition) is 1. The molecule has 0 aromatic carbocycles. The summed E-state index contributed by atoms with van der Waals surface area (Å²) in [6.07, 6.45) is -3.76. The molecule has 2 aliphatic heterocycles. The highest BCUT2D eigenvalue weighted by molar-refractivity contribution is 7.91. The van der Waals surface area contributed by atoms with E-state index in [1.54, 1.807) is 4.90 Å². The van der Waals surface area contributed by atoms with Crippen LogP contribution in [0, 0.1) is 11.8 Å². The molecular formula is C13H17F3N4O3S2. The second-order valence-corrected chi connectivity index (χ2v) is 9.65.